The Morgan fingerprint density at radius 3 is 2.43 bits per heavy atom. The van der Waals surface area contributed by atoms with Gasteiger partial charge in [0.2, 0.25) is 0 Å². The van der Waals surface area contributed by atoms with Gasteiger partial charge in [0.1, 0.15) is 5.60 Å². The van der Waals surface area contributed by atoms with Crippen LogP contribution in [0.2, 0.25) is 0 Å². The van der Waals surface area contributed by atoms with Crippen LogP contribution in [0.1, 0.15) is 34.6 Å². The molecule has 1 fully saturated rings. The van der Waals surface area contributed by atoms with Crippen molar-refractivity contribution in [2.75, 3.05) is 32.7 Å². The maximum atomic E-state index is 12.4. The van der Waals surface area contributed by atoms with E-state index in [0.717, 1.165) is 0 Å². The minimum atomic E-state index is -3.60. The smallest absolute Gasteiger partial charge is 0.410 e. The van der Waals surface area contributed by atoms with Gasteiger partial charge in [-0.25, -0.2) is 9.52 Å². The number of nitrogens with two attached hydrogens (primary N) is 1. The number of ether oxygens (including phenoxy) is 1. The van der Waals surface area contributed by atoms with E-state index in [-0.39, 0.29) is 32.1 Å². The van der Waals surface area contributed by atoms with Gasteiger partial charge in [0.15, 0.2) is 0 Å². The Morgan fingerprint density at radius 1 is 1.35 bits per heavy atom. The van der Waals surface area contributed by atoms with E-state index in [0.29, 0.717) is 6.54 Å². The van der Waals surface area contributed by atoms with Crippen LogP contribution in [0.4, 0.5) is 4.79 Å². The zero-order valence-corrected chi connectivity index (χ0v) is 15.5. The van der Waals surface area contributed by atoms with Gasteiger partial charge >= 0.3 is 6.09 Å². The van der Waals surface area contributed by atoms with E-state index in [1.807, 2.05) is 13.8 Å². The van der Waals surface area contributed by atoms with E-state index < -0.39 is 27.9 Å². The molecule has 1 heterocycles. The largest absolute Gasteiger partial charge is 0.444 e. The number of nitrogens with one attached hydrogen (secondary N) is 1. The average molecular weight is 350 g/mol. The average Bonchev–Trinajstić information content (AvgIpc) is 2.42. The van der Waals surface area contributed by atoms with E-state index >= 15 is 0 Å². The minimum Gasteiger partial charge on any atom is -0.444 e. The van der Waals surface area contributed by atoms with Crippen molar-refractivity contribution in [1.82, 2.24) is 13.9 Å². The number of rotatable bonds is 5. The molecule has 9 heteroatoms. The summed E-state index contributed by atoms with van der Waals surface area (Å²) in [6.07, 6.45) is -0.442. The predicted molar refractivity (Wildman–Crippen MR) is 89.1 cm³/mol. The summed E-state index contributed by atoms with van der Waals surface area (Å²) in [5.41, 5.74) is 5.14. The fourth-order valence-corrected chi connectivity index (χ4v) is 3.77. The fourth-order valence-electron chi connectivity index (χ4n) is 2.19. The SMILES string of the molecule is CC(C)CNS(=O)(=O)N1CCN(C(=O)OC(C)(C)C)CC1CN. The summed E-state index contributed by atoms with van der Waals surface area (Å²) < 4.78 is 34.0. The van der Waals surface area contributed by atoms with Gasteiger partial charge in [-0.15, -0.1) is 0 Å². The van der Waals surface area contributed by atoms with Crippen molar-refractivity contribution in [3.63, 3.8) is 0 Å². The molecule has 0 aromatic rings. The molecule has 1 amide bonds. The van der Waals surface area contributed by atoms with Crippen molar-refractivity contribution in [2.45, 2.75) is 46.3 Å². The molecule has 0 aromatic carbocycles. The second-order valence-corrected chi connectivity index (χ2v) is 8.88. The summed E-state index contributed by atoms with van der Waals surface area (Å²) in [6.45, 7) is 10.5. The number of hydrogen-bond acceptors (Lipinski definition) is 5. The van der Waals surface area contributed by atoms with Crippen LogP contribution in [-0.2, 0) is 14.9 Å². The van der Waals surface area contributed by atoms with E-state index in [9.17, 15) is 13.2 Å². The number of piperazine rings is 1. The summed E-state index contributed by atoms with van der Waals surface area (Å²) in [6, 6.07) is -0.457. The zero-order valence-electron chi connectivity index (χ0n) is 14.7. The van der Waals surface area contributed by atoms with Crippen molar-refractivity contribution in [2.24, 2.45) is 11.7 Å². The first-order valence-corrected chi connectivity index (χ1v) is 9.34. The van der Waals surface area contributed by atoms with Crippen molar-refractivity contribution in [3.8, 4) is 0 Å². The molecule has 8 nitrogen and oxygen atoms in total. The molecule has 1 unspecified atom stereocenters. The highest BCUT2D eigenvalue weighted by Crippen LogP contribution is 2.16. The van der Waals surface area contributed by atoms with Crippen LogP contribution in [0.5, 0.6) is 0 Å². The number of carbonyl (C=O) groups is 1. The first-order chi connectivity index (χ1) is 10.5. The summed E-state index contributed by atoms with van der Waals surface area (Å²) in [7, 11) is -3.60. The Morgan fingerprint density at radius 2 is 1.96 bits per heavy atom. The van der Waals surface area contributed by atoms with Gasteiger partial charge in [-0.1, -0.05) is 13.8 Å². The van der Waals surface area contributed by atoms with Gasteiger partial charge in [-0.3, -0.25) is 0 Å². The molecule has 136 valence electrons. The van der Waals surface area contributed by atoms with Gasteiger partial charge < -0.3 is 15.4 Å². The van der Waals surface area contributed by atoms with Gasteiger partial charge in [0.05, 0.1) is 6.04 Å². The molecule has 0 radical (unpaired) electrons. The highest BCUT2D eigenvalue weighted by atomic mass is 32.2. The first-order valence-electron chi connectivity index (χ1n) is 7.90. The molecular formula is C14H30N4O4S. The molecule has 1 rings (SSSR count). The first kappa shape index (κ1) is 20.1. The number of nitrogens with zero attached hydrogens (tertiary/aromatic N) is 2. The highest BCUT2D eigenvalue weighted by molar-refractivity contribution is 7.87. The Kier molecular flexibility index (Phi) is 6.81. The topological polar surface area (TPSA) is 105 Å². The number of carbonyl (C=O) groups excluding carboxylic acids is 1. The van der Waals surface area contributed by atoms with Crippen LogP contribution in [0.3, 0.4) is 0 Å². The zero-order chi connectivity index (χ0) is 17.8. The number of amides is 1. The molecule has 0 bridgehead atoms. The van der Waals surface area contributed by atoms with Crippen LogP contribution >= 0.6 is 0 Å². The fraction of sp³-hybridized carbons (Fsp3) is 0.929. The molecular weight excluding hydrogens is 320 g/mol. The second-order valence-electron chi connectivity index (χ2n) is 7.17. The van der Waals surface area contributed by atoms with Gasteiger partial charge in [0, 0.05) is 32.7 Å². The standard InChI is InChI=1S/C14H30N4O4S/c1-11(2)9-16-23(20,21)18-7-6-17(10-12(18)8-15)13(19)22-14(3,4)5/h11-12,16H,6-10,15H2,1-5H3. The second kappa shape index (κ2) is 7.78. The van der Waals surface area contributed by atoms with Crippen LogP contribution in [0.25, 0.3) is 0 Å². The van der Waals surface area contributed by atoms with Crippen LogP contribution in [0.15, 0.2) is 0 Å². The molecule has 1 atom stereocenters. The van der Waals surface area contributed by atoms with Crippen molar-refractivity contribution in [3.05, 3.63) is 0 Å². The third kappa shape index (κ3) is 6.25. The van der Waals surface area contributed by atoms with Crippen LogP contribution in [-0.4, -0.2) is 68.1 Å². The lowest BCUT2D eigenvalue weighted by molar-refractivity contribution is 0.0137. The monoisotopic (exact) mass is 350 g/mol. The van der Waals surface area contributed by atoms with E-state index in [2.05, 4.69) is 4.72 Å². The molecule has 23 heavy (non-hydrogen) atoms. The normalized spacial score (nSPS) is 20.8. The summed E-state index contributed by atoms with van der Waals surface area (Å²) in [5, 5.41) is 0. The van der Waals surface area contributed by atoms with Gasteiger partial charge in [0.25, 0.3) is 10.2 Å². The maximum absolute atomic E-state index is 12.4. The Bertz CT molecular complexity index is 501. The molecule has 3 N–H and O–H groups in total. The van der Waals surface area contributed by atoms with E-state index in [1.165, 1.54) is 9.21 Å². The predicted octanol–water partition coefficient (Wildman–Crippen LogP) is 0.357. The minimum absolute atomic E-state index is 0.141. The van der Waals surface area contributed by atoms with E-state index in [4.69, 9.17) is 10.5 Å². The Hall–Kier alpha value is -0.900. The van der Waals surface area contributed by atoms with Crippen LogP contribution in [0, 0.1) is 5.92 Å². The lowest BCUT2D eigenvalue weighted by atomic mass is 10.2. The maximum Gasteiger partial charge on any atom is 0.410 e. The van der Waals surface area contributed by atoms with Gasteiger partial charge in [-0.05, 0) is 26.7 Å². The van der Waals surface area contributed by atoms with Gasteiger partial charge in [-0.2, -0.15) is 12.7 Å². The summed E-state index contributed by atoms with van der Waals surface area (Å²) in [5.74, 6) is 0.212. The van der Waals surface area contributed by atoms with Crippen molar-refractivity contribution >= 4 is 16.3 Å². The lowest BCUT2D eigenvalue weighted by Crippen LogP contribution is -2.61. The van der Waals surface area contributed by atoms with E-state index in [1.54, 1.807) is 20.8 Å². The molecule has 0 spiro atoms. The molecule has 1 aliphatic heterocycles. The van der Waals surface area contributed by atoms with Crippen molar-refractivity contribution < 1.29 is 17.9 Å². The molecule has 1 saturated heterocycles. The number of hydrogen-bond donors (Lipinski definition) is 2. The molecule has 0 saturated carbocycles. The quantitative estimate of drug-likeness (QED) is 0.745. The summed E-state index contributed by atoms with van der Waals surface area (Å²) in [4.78, 5) is 13.6. The van der Waals surface area contributed by atoms with Crippen molar-refractivity contribution in [1.29, 1.82) is 0 Å². The summed E-state index contributed by atoms with van der Waals surface area (Å²) >= 11 is 0. The third-order valence-corrected chi connectivity index (χ3v) is 4.96. The molecule has 0 aromatic heterocycles. The Balaban J connectivity index is 2.74. The Labute approximate surface area is 139 Å². The molecule has 1 aliphatic rings. The molecule has 0 aliphatic carbocycles. The highest BCUT2D eigenvalue weighted by Gasteiger charge is 2.37. The third-order valence-electron chi connectivity index (χ3n) is 3.34. The lowest BCUT2D eigenvalue weighted by Gasteiger charge is -2.40. The van der Waals surface area contributed by atoms with Crippen LogP contribution < -0.4 is 10.5 Å².